The van der Waals surface area contributed by atoms with Crippen LogP contribution in [0.3, 0.4) is 0 Å². The fourth-order valence-electron chi connectivity index (χ4n) is 2.71. The summed E-state index contributed by atoms with van der Waals surface area (Å²) in [6, 6.07) is 9.33. The van der Waals surface area contributed by atoms with Gasteiger partial charge in [-0.25, -0.2) is 0 Å². The van der Waals surface area contributed by atoms with E-state index in [2.05, 4.69) is 60.4 Å². The Balaban J connectivity index is 1.55. The molecule has 0 fully saturated rings. The zero-order chi connectivity index (χ0) is 14.7. The minimum absolute atomic E-state index is 0.530. The van der Waals surface area contributed by atoms with Gasteiger partial charge in [0, 0.05) is 37.9 Å². The van der Waals surface area contributed by atoms with Gasteiger partial charge < -0.3 is 14.6 Å². The highest BCUT2D eigenvalue weighted by Gasteiger charge is 2.11. The van der Waals surface area contributed by atoms with E-state index in [-0.39, 0.29) is 0 Å². The topological polar surface area (TPSA) is 26.2 Å². The second kappa shape index (κ2) is 6.35. The van der Waals surface area contributed by atoms with Gasteiger partial charge in [-0.05, 0) is 35.2 Å². The van der Waals surface area contributed by atoms with Crippen molar-refractivity contribution in [3.05, 3.63) is 53.3 Å². The number of nitrogens with one attached hydrogen (secondary N) is 1. The van der Waals surface area contributed by atoms with Crippen LogP contribution in [0, 0.1) is 0 Å². The predicted octanol–water partition coefficient (Wildman–Crippen LogP) is 3.16. The molecule has 0 atom stereocenters. The third-order valence-electron chi connectivity index (χ3n) is 3.94. The first-order valence-corrected chi connectivity index (χ1v) is 7.83. The molecule has 0 bridgehead atoms. The van der Waals surface area contributed by atoms with E-state index in [1.165, 1.54) is 16.7 Å². The SMILES string of the molecule is CC(C)NCc1ccn(CCc2ccc3c(c2)CCO3)c1. The number of aryl methyl sites for hydroxylation is 2. The molecule has 3 heteroatoms. The quantitative estimate of drug-likeness (QED) is 0.882. The molecule has 0 spiro atoms. The van der Waals surface area contributed by atoms with E-state index in [0.29, 0.717) is 6.04 Å². The molecule has 112 valence electrons. The molecule has 1 aromatic carbocycles. The average molecular weight is 284 g/mol. The Bertz CT molecular complexity index is 601. The second-order valence-corrected chi connectivity index (χ2v) is 6.08. The van der Waals surface area contributed by atoms with E-state index in [9.17, 15) is 0 Å². The van der Waals surface area contributed by atoms with Crippen molar-refractivity contribution in [1.82, 2.24) is 9.88 Å². The molecule has 0 saturated heterocycles. The van der Waals surface area contributed by atoms with Crippen molar-refractivity contribution in [3.8, 4) is 5.75 Å². The van der Waals surface area contributed by atoms with Crippen molar-refractivity contribution in [2.75, 3.05) is 6.61 Å². The van der Waals surface area contributed by atoms with Crippen LogP contribution >= 0.6 is 0 Å². The lowest BCUT2D eigenvalue weighted by Crippen LogP contribution is -2.21. The van der Waals surface area contributed by atoms with Gasteiger partial charge in [0.2, 0.25) is 0 Å². The lowest BCUT2D eigenvalue weighted by Gasteiger charge is -2.07. The van der Waals surface area contributed by atoms with E-state index in [0.717, 1.165) is 38.3 Å². The van der Waals surface area contributed by atoms with Crippen LogP contribution in [0.5, 0.6) is 5.75 Å². The Kier molecular flexibility index (Phi) is 4.30. The Labute approximate surface area is 126 Å². The molecule has 0 aliphatic carbocycles. The van der Waals surface area contributed by atoms with Gasteiger partial charge in [-0.2, -0.15) is 0 Å². The smallest absolute Gasteiger partial charge is 0.122 e. The highest BCUT2D eigenvalue weighted by molar-refractivity contribution is 5.39. The van der Waals surface area contributed by atoms with Crippen molar-refractivity contribution in [2.24, 2.45) is 0 Å². The number of ether oxygens (including phenoxy) is 1. The van der Waals surface area contributed by atoms with Crippen LogP contribution in [0.1, 0.15) is 30.5 Å². The van der Waals surface area contributed by atoms with Crippen LogP contribution in [0.25, 0.3) is 0 Å². The standard InChI is InChI=1S/C18H24N2O/c1-14(2)19-12-16-6-9-20(13-16)8-5-15-3-4-18-17(11-15)7-10-21-18/h3-4,6,9,11,13-14,19H,5,7-8,10,12H2,1-2H3. The molecular formula is C18H24N2O. The molecule has 2 aromatic rings. The molecule has 3 rings (SSSR count). The van der Waals surface area contributed by atoms with Crippen molar-refractivity contribution in [2.45, 2.75) is 45.8 Å². The first kappa shape index (κ1) is 14.2. The minimum atomic E-state index is 0.530. The van der Waals surface area contributed by atoms with Crippen LogP contribution < -0.4 is 10.1 Å². The van der Waals surface area contributed by atoms with Crippen LogP contribution in [0.15, 0.2) is 36.7 Å². The first-order valence-electron chi connectivity index (χ1n) is 7.83. The highest BCUT2D eigenvalue weighted by atomic mass is 16.5. The van der Waals surface area contributed by atoms with Crippen molar-refractivity contribution < 1.29 is 4.74 Å². The number of hydrogen-bond acceptors (Lipinski definition) is 2. The maximum Gasteiger partial charge on any atom is 0.122 e. The normalized spacial score (nSPS) is 13.5. The predicted molar refractivity (Wildman–Crippen MR) is 85.8 cm³/mol. The molecule has 0 unspecified atom stereocenters. The third kappa shape index (κ3) is 3.67. The second-order valence-electron chi connectivity index (χ2n) is 6.08. The summed E-state index contributed by atoms with van der Waals surface area (Å²) in [4.78, 5) is 0. The van der Waals surface area contributed by atoms with Crippen molar-refractivity contribution in [3.63, 3.8) is 0 Å². The van der Waals surface area contributed by atoms with Gasteiger partial charge >= 0.3 is 0 Å². The fourth-order valence-corrected chi connectivity index (χ4v) is 2.71. The average Bonchev–Trinajstić information content (AvgIpc) is 3.11. The number of fused-ring (bicyclic) bond motifs is 1. The Morgan fingerprint density at radius 3 is 3.00 bits per heavy atom. The maximum atomic E-state index is 5.55. The monoisotopic (exact) mass is 284 g/mol. The summed E-state index contributed by atoms with van der Waals surface area (Å²) in [5.74, 6) is 1.07. The van der Waals surface area contributed by atoms with Gasteiger partial charge in [0.05, 0.1) is 6.61 Å². The number of hydrogen-bond donors (Lipinski definition) is 1. The molecule has 1 N–H and O–H groups in total. The summed E-state index contributed by atoms with van der Waals surface area (Å²) in [6.45, 7) is 7.16. The molecule has 3 nitrogen and oxygen atoms in total. The summed E-state index contributed by atoms with van der Waals surface area (Å²) in [5, 5.41) is 3.45. The molecular weight excluding hydrogens is 260 g/mol. The minimum Gasteiger partial charge on any atom is -0.493 e. The van der Waals surface area contributed by atoms with E-state index >= 15 is 0 Å². The summed E-state index contributed by atoms with van der Waals surface area (Å²) >= 11 is 0. The van der Waals surface area contributed by atoms with Gasteiger partial charge in [0.1, 0.15) is 5.75 Å². The van der Waals surface area contributed by atoms with Crippen molar-refractivity contribution >= 4 is 0 Å². The lowest BCUT2D eigenvalue weighted by molar-refractivity contribution is 0.357. The van der Waals surface area contributed by atoms with Crippen LogP contribution in [0.2, 0.25) is 0 Å². The number of nitrogens with zero attached hydrogens (tertiary/aromatic N) is 1. The van der Waals surface area contributed by atoms with Gasteiger partial charge in [-0.15, -0.1) is 0 Å². The summed E-state index contributed by atoms with van der Waals surface area (Å²) in [5.41, 5.74) is 4.11. The molecule has 1 aliphatic heterocycles. The molecule has 21 heavy (non-hydrogen) atoms. The van der Waals surface area contributed by atoms with Gasteiger partial charge in [0.15, 0.2) is 0 Å². The van der Waals surface area contributed by atoms with E-state index in [1.807, 2.05) is 0 Å². The first-order chi connectivity index (χ1) is 10.2. The molecule has 1 aliphatic rings. The summed E-state index contributed by atoms with van der Waals surface area (Å²) in [6.07, 6.45) is 6.54. The van der Waals surface area contributed by atoms with Crippen molar-refractivity contribution in [1.29, 1.82) is 0 Å². The molecule has 1 aromatic heterocycles. The Hall–Kier alpha value is -1.74. The third-order valence-corrected chi connectivity index (χ3v) is 3.94. The molecule has 0 radical (unpaired) electrons. The van der Waals surface area contributed by atoms with Crippen LogP contribution in [-0.4, -0.2) is 17.2 Å². The largest absolute Gasteiger partial charge is 0.493 e. The fraction of sp³-hybridized carbons (Fsp3) is 0.444. The number of rotatable bonds is 6. The highest BCUT2D eigenvalue weighted by Crippen LogP contribution is 2.26. The van der Waals surface area contributed by atoms with Gasteiger partial charge in [-0.3, -0.25) is 0 Å². The molecule has 2 heterocycles. The lowest BCUT2D eigenvalue weighted by atomic mass is 10.1. The Morgan fingerprint density at radius 2 is 2.14 bits per heavy atom. The summed E-state index contributed by atoms with van der Waals surface area (Å²) < 4.78 is 7.83. The molecule has 0 saturated carbocycles. The number of aromatic nitrogens is 1. The summed E-state index contributed by atoms with van der Waals surface area (Å²) in [7, 11) is 0. The Morgan fingerprint density at radius 1 is 1.24 bits per heavy atom. The zero-order valence-corrected chi connectivity index (χ0v) is 12.9. The van der Waals surface area contributed by atoms with E-state index < -0.39 is 0 Å². The zero-order valence-electron chi connectivity index (χ0n) is 12.9. The van der Waals surface area contributed by atoms with Crippen LogP contribution in [0.4, 0.5) is 0 Å². The van der Waals surface area contributed by atoms with Crippen LogP contribution in [-0.2, 0) is 25.9 Å². The van der Waals surface area contributed by atoms with E-state index in [4.69, 9.17) is 4.74 Å². The van der Waals surface area contributed by atoms with Gasteiger partial charge in [-0.1, -0.05) is 26.0 Å². The van der Waals surface area contributed by atoms with Gasteiger partial charge in [0.25, 0.3) is 0 Å². The molecule has 0 amide bonds. The number of benzene rings is 1. The van der Waals surface area contributed by atoms with E-state index in [1.54, 1.807) is 0 Å². The maximum absolute atomic E-state index is 5.55.